The summed E-state index contributed by atoms with van der Waals surface area (Å²) in [5.74, 6) is -0.399. The molecule has 1 saturated heterocycles. The second-order valence-corrected chi connectivity index (χ2v) is 3.83. The molecule has 3 N–H and O–H groups in total. The van der Waals surface area contributed by atoms with Crippen LogP contribution in [0.5, 0.6) is 0 Å². The van der Waals surface area contributed by atoms with Crippen molar-refractivity contribution in [3.05, 3.63) is 0 Å². The minimum atomic E-state index is -0.245. The van der Waals surface area contributed by atoms with Gasteiger partial charge in [0.25, 0.3) is 0 Å². The summed E-state index contributed by atoms with van der Waals surface area (Å²) in [4.78, 5) is 22.6. The van der Waals surface area contributed by atoms with Crippen molar-refractivity contribution in [2.75, 3.05) is 13.2 Å². The van der Waals surface area contributed by atoms with Crippen LogP contribution in [0.25, 0.3) is 0 Å². The molecular formula is C10H18N2O3. The third-order valence-electron chi connectivity index (χ3n) is 2.66. The van der Waals surface area contributed by atoms with Gasteiger partial charge in [-0.25, -0.2) is 0 Å². The lowest BCUT2D eigenvalue weighted by atomic mass is 10.1. The fourth-order valence-electron chi connectivity index (χ4n) is 1.64. The first-order valence-corrected chi connectivity index (χ1v) is 5.35. The van der Waals surface area contributed by atoms with Crippen LogP contribution in [0.3, 0.4) is 0 Å². The van der Waals surface area contributed by atoms with Gasteiger partial charge in [0.05, 0.1) is 5.92 Å². The summed E-state index contributed by atoms with van der Waals surface area (Å²) in [6, 6.07) is 0.0122. The van der Waals surface area contributed by atoms with Gasteiger partial charge in [0, 0.05) is 25.6 Å². The van der Waals surface area contributed by atoms with Crippen LogP contribution in [-0.4, -0.2) is 36.1 Å². The third kappa shape index (κ3) is 3.51. The molecule has 0 spiro atoms. The molecular weight excluding hydrogens is 196 g/mol. The van der Waals surface area contributed by atoms with Gasteiger partial charge in [-0.3, -0.25) is 9.59 Å². The molecule has 1 fully saturated rings. The number of hydrogen-bond donors (Lipinski definition) is 3. The van der Waals surface area contributed by atoms with E-state index in [0.29, 0.717) is 13.0 Å². The zero-order chi connectivity index (χ0) is 11.3. The lowest BCUT2D eigenvalue weighted by Crippen LogP contribution is -2.39. The third-order valence-corrected chi connectivity index (χ3v) is 2.66. The van der Waals surface area contributed by atoms with Crippen molar-refractivity contribution in [2.24, 2.45) is 5.92 Å². The zero-order valence-corrected chi connectivity index (χ0v) is 8.95. The lowest BCUT2D eigenvalue weighted by molar-refractivity contribution is -0.127. The number of amides is 2. The van der Waals surface area contributed by atoms with Gasteiger partial charge in [0.1, 0.15) is 0 Å². The second kappa shape index (κ2) is 5.70. The van der Waals surface area contributed by atoms with Gasteiger partial charge in [-0.15, -0.1) is 0 Å². The molecule has 1 rings (SSSR count). The van der Waals surface area contributed by atoms with Crippen molar-refractivity contribution in [1.82, 2.24) is 10.6 Å². The molecule has 0 aromatic carbocycles. The Morgan fingerprint density at radius 1 is 1.73 bits per heavy atom. The van der Waals surface area contributed by atoms with Crippen LogP contribution < -0.4 is 10.6 Å². The summed E-state index contributed by atoms with van der Waals surface area (Å²) in [7, 11) is 0. The van der Waals surface area contributed by atoms with E-state index in [1.807, 2.05) is 6.92 Å². The van der Waals surface area contributed by atoms with Crippen molar-refractivity contribution in [3.63, 3.8) is 0 Å². The molecule has 0 saturated carbocycles. The molecule has 2 amide bonds. The molecule has 86 valence electrons. The molecule has 0 aromatic heterocycles. The Balaban J connectivity index is 2.36. The van der Waals surface area contributed by atoms with Crippen molar-refractivity contribution in [1.29, 1.82) is 0 Å². The number of aliphatic hydroxyl groups excluding tert-OH is 1. The molecule has 0 aromatic rings. The second-order valence-electron chi connectivity index (χ2n) is 3.83. The molecule has 1 aliphatic rings. The first-order valence-electron chi connectivity index (χ1n) is 5.35. The maximum atomic E-state index is 11.7. The van der Waals surface area contributed by atoms with Crippen LogP contribution in [0.1, 0.15) is 26.2 Å². The Morgan fingerprint density at radius 2 is 2.47 bits per heavy atom. The van der Waals surface area contributed by atoms with Gasteiger partial charge >= 0.3 is 0 Å². The minimum absolute atomic E-state index is 0.0122. The summed E-state index contributed by atoms with van der Waals surface area (Å²) >= 11 is 0. The van der Waals surface area contributed by atoms with Gasteiger partial charge in [-0.2, -0.15) is 0 Å². The highest BCUT2D eigenvalue weighted by Crippen LogP contribution is 2.10. The summed E-state index contributed by atoms with van der Waals surface area (Å²) < 4.78 is 0. The Bertz CT molecular complexity index is 243. The van der Waals surface area contributed by atoms with Crippen molar-refractivity contribution >= 4 is 11.8 Å². The van der Waals surface area contributed by atoms with Crippen LogP contribution in [-0.2, 0) is 9.59 Å². The normalized spacial score (nSPS) is 22.3. The summed E-state index contributed by atoms with van der Waals surface area (Å²) in [6.07, 6.45) is 1.64. The van der Waals surface area contributed by atoms with Crippen LogP contribution in [0.2, 0.25) is 0 Å². The largest absolute Gasteiger partial charge is 0.396 e. The van der Waals surface area contributed by atoms with Crippen molar-refractivity contribution in [2.45, 2.75) is 32.2 Å². The molecule has 5 heteroatoms. The highest BCUT2D eigenvalue weighted by molar-refractivity contribution is 5.89. The monoisotopic (exact) mass is 214 g/mol. The Hall–Kier alpha value is -1.10. The number of rotatable bonds is 5. The number of hydrogen-bond acceptors (Lipinski definition) is 3. The van der Waals surface area contributed by atoms with Crippen LogP contribution in [0.15, 0.2) is 0 Å². The van der Waals surface area contributed by atoms with Crippen molar-refractivity contribution < 1.29 is 14.7 Å². The van der Waals surface area contributed by atoms with E-state index in [-0.39, 0.29) is 36.8 Å². The van der Waals surface area contributed by atoms with E-state index < -0.39 is 0 Å². The maximum Gasteiger partial charge on any atom is 0.225 e. The quantitative estimate of drug-likeness (QED) is 0.572. The number of aliphatic hydroxyl groups is 1. The van der Waals surface area contributed by atoms with Crippen LogP contribution >= 0.6 is 0 Å². The number of nitrogens with one attached hydrogen (secondary N) is 2. The first-order chi connectivity index (χ1) is 7.17. The average Bonchev–Trinajstić information content (AvgIpc) is 2.64. The molecule has 0 bridgehead atoms. The summed E-state index contributed by atoms with van der Waals surface area (Å²) in [5.41, 5.74) is 0. The molecule has 2 atom stereocenters. The van der Waals surface area contributed by atoms with Gasteiger partial charge in [-0.1, -0.05) is 6.92 Å². The van der Waals surface area contributed by atoms with Gasteiger partial charge in [0.2, 0.25) is 11.8 Å². The first kappa shape index (κ1) is 12.0. The average molecular weight is 214 g/mol. The van der Waals surface area contributed by atoms with Crippen LogP contribution in [0.4, 0.5) is 0 Å². The Morgan fingerprint density at radius 3 is 2.93 bits per heavy atom. The molecule has 0 radical (unpaired) electrons. The molecule has 5 nitrogen and oxygen atoms in total. The standard InChI is InChI=1S/C10H18N2O3/c1-2-8(3-4-13)12-10(15)7-5-9(14)11-6-7/h7-8,13H,2-6H2,1H3,(H,11,14)(H,12,15). The van der Waals surface area contributed by atoms with E-state index in [4.69, 9.17) is 5.11 Å². The Labute approximate surface area is 89.2 Å². The fraction of sp³-hybridized carbons (Fsp3) is 0.800. The highest BCUT2D eigenvalue weighted by atomic mass is 16.3. The maximum absolute atomic E-state index is 11.7. The Kier molecular flexibility index (Phi) is 4.55. The van der Waals surface area contributed by atoms with E-state index in [0.717, 1.165) is 6.42 Å². The summed E-state index contributed by atoms with van der Waals surface area (Å²) in [5, 5.41) is 14.2. The predicted octanol–water partition coefficient (Wildman–Crippen LogP) is -0.600. The fourth-order valence-corrected chi connectivity index (χ4v) is 1.64. The zero-order valence-electron chi connectivity index (χ0n) is 8.95. The molecule has 15 heavy (non-hydrogen) atoms. The number of carbonyl (C=O) groups is 2. The van der Waals surface area contributed by atoms with Gasteiger partial charge in [-0.05, 0) is 12.8 Å². The predicted molar refractivity (Wildman–Crippen MR) is 55.0 cm³/mol. The van der Waals surface area contributed by atoms with Gasteiger partial charge < -0.3 is 15.7 Å². The smallest absolute Gasteiger partial charge is 0.225 e. The van der Waals surface area contributed by atoms with E-state index >= 15 is 0 Å². The topological polar surface area (TPSA) is 78.4 Å². The SMILES string of the molecule is CCC(CCO)NC(=O)C1CNC(=O)C1. The summed E-state index contributed by atoms with van der Waals surface area (Å²) in [6.45, 7) is 2.46. The van der Waals surface area contributed by atoms with E-state index in [2.05, 4.69) is 10.6 Å². The number of carbonyl (C=O) groups excluding carboxylic acids is 2. The van der Waals surface area contributed by atoms with Crippen molar-refractivity contribution in [3.8, 4) is 0 Å². The molecule has 1 heterocycles. The molecule has 1 aliphatic heterocycles. The van der Waals surface area contributed by atoms with E-state index in [1.54, 1.807) is 0 Å². The van der Waals surface area contributed by atoms with Gasteiger partial charge in [0.15, 0.2) is 0 Å². The van der Waals surface area contributed by atoms with E-state index in [1.165, 1.54) is 0 Å². The lowest BCUT2D eigenvalue weighted by Gasteiger charge is -2.17. The minimum Gasteiger partial charge on any atom is -0.396 e. The molecule has 2 unspecified atom stereocenters. The molecule has 0 aliphatic carbocycles. The highest BCUT2D eigenvalue weighted by Gasteiger charge is 2.28. The van der Waals surface area contributed by atoms with Crippen LogP contribution in [0, 0.1) is 5.92 Å². The van der Waals surface area contributed by atoms with E-state index in [9.17, 15) is 9.59 Å².